The van der Waals surface area contributed by atoms with E-state index in [4.69, 9.17) is 4.74 Å². The second kappa shape index (κ2) is 8.94. The summed E-state index contributed by atoms with van der Waals surface area (Å²) in [6.45, 7) is 3.63. The van der Waals surface area contributed by atoms with Crippen LogP contribution in [0.4, 0.5) is 5.69 Å². The summed E-state index contributed by atoms with van der Waals surface area (Å²) in [5.41, 5.74) is 1.07. The number of carbonyl (C=O) groups is 3. The van der Waals surface area contributed by atoms with Crippen LogP contribution in [0.25, 0.3) is 0 Å². The average molecular weight is 469 g/mol. The largest absolute Gasteiger partial charge is 0.459 e. The third kappa shape index (κ3) is 4.27. The smallest absolute Gasteiger partial charge is 0.333 e. The second-order valence-corrected chi connectivity index (χ2v) is 9.10. The van der Waals surface area contributed by atoms with Crippen LogP contribution in [-0.2, 0) is 31.7 Å². The van der Waals surface area contributed by atoms with E-state index in [1.807, 2.05) is 0 Å². The lowest BCUT2D eigenvalue weighted by Crippen LogP contribution is -2.77. The van der Waals surface area contributed by atoms with E-state index in [1.54, 1.807) is 30.3 Å². The summed E-state index contributed by atoms with van der Waals surface area (Å²) in [6, 6.07) is 11.7. The Balaban J connectivity index is 1.44. The first-order chi connectivity index (χ1) is 15.8. The van der Waals surface area contributed by atoms with Gasteiger partial charge in [0.1, 0.15) is 18.0 Å². The molecule has 2 aliphatic heterocycles. The minimum Gasteiger partial charge on any atom is -0.459 e. The molecule has 0 bridgehead atoms. The maximum absolute atomic E-state index is 12.8. The second-order valence-electron chi connectivity index (χ2n) is 7.57. The van der Waals surface area contributed by atoms with E-state index in [0.29, 0.717) is 11.1 Å². The van der Waals surface area contributed by atoms with Crippen molar-refractivity contribution in [1.29, 1.82) is 0 Å². The predicted molar refractivity (Wildman–Crippen MR) is 117 cm³/mol. The van der Waals surface area contributed by atoms with Gasteiger partial charge in [0.05, 0.1) is 15.7 Å². The first kappa shape index (κ1) is 22.3. The molecule has 0 saturated carbocycles. The van der Waals surface area contributed by atoms with E-state index in [0.717, 1.165) is 4.90 Å². The summed E-state index contributed by atoms with van der Waals surface area (Å²) in [6.07, 6.45) is 0. The fourth-order valence-corrected chi connectivity index (χ4v) is 5.42. The summed E-state index contributed by atoms with van der Waals surface area (Å²) in [5.74, 6) is -1.78. The van der Waals surface area contributed by atoms with Gasteiger partial charge in [0.25, 0.3) is 11.6 Å². The van der Waals surface area contributed by atoms with Crippen molar-refractivity contribution >= 4 is 34.3 Å². The van der Waals surface area contributed by atoms with E-state index in [1.165, 1.54) is 24.3 Å². The van der Waals surface area contributed by atoms with Crippen molar-refractivity contribution in [3.8, 4) is 0 Å². The van der Waals surface area contributed by atoms with Crippen molar-refractivity contribution in [2.45, 2.75) is 24.1 Å². The molecule has 0 aliphatic carbocycles. The van der Waals surface area contributed by atoms with Crippen molar-refractivity contribution in [2.75, 3.05) is 5.75 Å². The molecule has 4 rings (SSSR count). The Hall–Kier alpha value is -3.86. The number of fused-ring (bicyclic) bond motifs is 1. The monoisotopic (exact) mass is 469 g/mol. The average Bonchev–Trinajstić information content (AvgIpc) is 2.81. The molecule has 2 aliphatic rings. The van der Waals surface area contributed by atoms with E-state index < -0.39 is 51.0 Å². The van der Waals surface area contributed by atoms with Gasteiger partial charge in [-0.2, -0.15) is 0 Å². The molecule has 1 N–H and O–H groups in total. The highest BCUT2D eigenvalue weighted by Crippen LogP contribution is 2.35. The normalized spacial score (nSPS) is 23.8. The number of rotatable bonds is 6. The molecule has 2 saturated heterocycles. The molecule has 2 heterocycles. The molecule has 0 aromatic heterocycles. The Morgan fingerprint density at radius 3 is 2.48 bits per heavy atom. The van der Waals surface area contributed by atoms with Gasteiger partial charge in [-0.3, -0.25) is 23.9 Å². The quantitative estimate of drug-likeness (QED) is 0.221. The number of carbonyl (C=O) groups excluding carboxylic acids is 3. The Kier molecular flexibility index (Phi) is 6.05. The number of hydrogen-bond acceptors (Lipinski definition) is 7. The Morgan fingerprint density at radius 1 is 1.18 bits per heavy atom. The number of nitrogens with one attached hydrogen (secondary N) is 1. The van der Waals surface area contributed by atoms with Gasteiger partial charge >= 0.3 is 5.97 Å². The van der Waals surface area contributed by atoms with Gasteiger partial charge in [-0.1, -0.05) is 24.8 Å². The van der Waals surface area contributed by atoms with Crippen LogP contribution >= 0.6 is 0 Å². The molecule has 170 valence electrons. The van der Waals surface area contributed by atoms with Gasteiger partial charge < -0.3 is 15.0 Å². The molecule has 10 nitrogen and oxygen atoms in total. The summed E-state index contributed by atoms with van der Waals surface area (Å²) < 4.78 is 18.0. The number of non-ortho nitro benzene ring substituents is 1. The lowest BCUT2D eigenvalue weighted by molar-refractivity contribution is -0.384. The van der Waals surface area contributed by atoms with Crippen LogP contribution in [0.3, 0.4) is 0 Å². The number of nitro benzene ring substituents is 1. The minimum atomic E-state index is -1.55. The zero-order valence-corrected chi connectivity index (χ0v) is 18.0. The van der Waals surface area contributed by atoms with E-state index in [9.17, 15) is 28.7 Å². The van der Waals surface area contributed by atoms with Crippen LogP contribution in [-0.4, -0.2) is 55.0 Å². The van der Waals surface area contributed by atoms with Gasteiger partial charge in [-0.15, -0.1) is 0 Å². The zero-order chi connectivity index (χ0) is 23.7. The summed E-state index contributed by atoms with van der Waals surface area (Å²) in [5, 5.41) is 12.5. The summed E-state index contributed by atoms with van der Waals surface area (Å²) in [4.78, 5) is 49.4. The molecule has 0 radical (unpaired) electrons. The number of amides is 2. The van der Waals surface area contributed by atoms with Crippen molar-refractivity contribution < 1.29 is 28.3 Å². The highest BCUT2D eigenvalue weighted by atomic mass is 32.2. The van der Waals surface area contributed by atoms with Crippen LogP contribution < -0.4 is 5.32 Å². The van der Waals surface area contributed by atoms with Crippen LogP contribution in [0.5, 0.6) is 0 Å². The molecule has 2 amide bonds. The fourth-order valence-electron chi connectivity index (χ4n) is 3.76. The minimum absolute atomic E-state index is 0.0105. The highest BCUT2D eigenvalue weighted by molar-refractivity contribution is 7.86. The van der Waals surface area contributed by atoms with Gasteiger partial charge in [-0.05, 0) is 35.4 Å². The zero-order valence-electron chi connectivity index (χ0n) is 17.2. The third-order valence-corrected chi connectivity index (χ3v) is 7.11. The maximum Gasteiger partial charge on any atom is 0.333 e. The SMILES string of the molecule is C=C1CS(=O)[C@H]2C(NC(=O)c3ccccc3)C(=O)N2C1C(=O)OCc1ccc([N+](=O)[O-])cc1. The van der Waals surface area contributed by atoms with Crippen LogP contribution in [0.15, 0.2) is 66.7 Å². The third-order valence-electron chi connectivity index (χ3n) is 5.42. The molecule has 4 atom stereocenters. The highest BCUT2D eigenvalue weighted by Gasteiger charge is 2.59. The molecule has 2 fully saturated rings. The van der Waals surface area contributed by atoms with E-state index >= 15 is 0 Å². The topological polar surface area (TPSA) is 136 Å². The van der Waals surface area contributed by atoms with E-state index in [-0.39, 0.29) is 23.6 Å². The number of β-lactam (4-membered cyclic amide) rings is 1. The van der Waals surface area contributed by atoms with Gasteiger partial charge in [0, 0.05) is 23.4 Å². The number of esters is 1. The molecule has 33 heavy (non-hydrogen) atoms. The molecule has 3 unspecified atom stereocenters. The van der Waals surface area contributed by atoms with Crippen molar-refractivity contribution in [3.63, 3.8) is 0 Å². The number of nitro groups is 1. The summed E-state index contributed by atoms with van der Waals surface area (Å²) >= 11 is 0. The predicted octanol–water partition coefficient (Wildman–Crippen LogP) is 1.29. The first-order valence-electron chi connectivity index (χ1n) is 9.91. The molecule has 0 spiro atoms. The molecular formula is C22H19N3O7S. The molecule has 11 heteroatoms. The lowest BCUT2D eigenvalue weighted by atomic mass is 9.98. The van der Waals surface area contributed by atoms with Crippen molar-refractivity contribution in [2.24, 2.45) is 0 Å². The Labute approximate surface area is 190 Å². The number of ether oxygens (including phenoxy) is 1. The fraction of sp³-hybridized carbons (Fsp3) is 0.227. The van der Waals surface area contributed by atoms with Gasteiger partial charge in [-0.25, -0.2) is 4.79 Å². The lowest BCUT2D eigenvalue weighted by Gasteiger charge is -2.52. The molecule has 2 aromatic rings. The van der Waals surface area contributed by atoms with Crippen molar-refractivity contribution in [1.82, 2.24) is 10.2 Å². The Morgan fingerprint density at radius 2 is 1.85 bits per heavy atom. The Bertz CT molecular complexity index is 1170. The first-order valence-corrected chi connectivity index (χ1v) is 11.3. The summed E-state index contributed by atoms with van der Waals surface area (Å²) in [7, 11) is -1.55. The standard InChI is InChI=1S/C22H19N3O7S/c1-13-12-33(31)21-17(23-19(26)15-5-3-2-4-6-15)20(27)24(21)18(13)22(28)32-11-14-7-9-16(10-8-14)25(29)30/h2-10,17-18,21H,1,11-12H2,(H,23,26)/t17?,18?,21-,33?/m0/s1. The molecular weight excluding hydrogens is 450 g/mol. The van der Waals surface area contributed by atoms with Crippen LogP contribution in [0.1, 0.15) is 15.9 Å². The van der Waals surface area contributed by atoms with Gasteiger partial charge in [0.2, 0.25) is 5.91 Å². The van der Waals surface area contributed by atoms with Crippen molar-refractivity contribution in [3.05, 3.63) is 88.0 Å². The van der Waals surface area contributed by atoms with E-state index in [2.05, 4.69) is 11.9 Å². The van der Waals surface area contributed by atoms with Crippen LogP contribution in [0, 0.1) is 10.1 Å². The molecule has 2 aromatic carbocycles. The van der Waals surface area contributed by atoms with Crippen LogP contribution in [0.2, 0.25) is 0 Å². The number of hydrogen-bond donors (Lipinski definition) is 1. The maximum atomic E-state index is 12.8. The van der Waals surface area contributed by atoms with Gasteiger partial charge in [0.15, 0.2) is 6.04 Å². The number of nitrogens with zero attached hydrogens (tertiary/aromatic N) is 2. The number of benzene rings is 2.